The van der Waals surface area contributed by atoms with Gasteiger partial charge in [-0.05, 0) is 61.8 Å². The molecule has 7 heteroatoms. The molecule has 34 heavy (non-hydrogen) atoms. The van der Waals surface area contributed by atoms with Crippen molar-refractivity contribution in [2.45, 2.75) is 57.9 Å². The molecule has 2 aromatic carbocycles. The van der Waals surface area contributed by atoms with Crippen LogP contribution in [0, 0.1) is 0 Å². The molecule has 0 aromatic heterocycles. The molecule has 1 fully saturated rings. The second-order valence-electron chi connectivity index (χ2n) is 9.04. The number of unbranched alkanes of at least 4 members (excludes halogenated alkanes) is 2. The lowest BCUT2D eigenvalue weighted by molar-refractivity contribution is 0.0976. The molecule has 1 saturated heterocycles. The Bertz CT molecular complexity index is 929. The van der Waals surface area contributed by atoms with Crippen LogP contribution in [-0.4, -0.2) is 53.1 Å². The minimum absolute atomic E-state index is 0.0236. The highest BCUT2D eigenvalue weighted by Crippen LogP contribution is 2.26. The second-order valence-corrected chi connectivity index (χ2v) is 9.48. The van der Waals surface area contributed by atoms with E-state index < -0.39 is 0 Å². The highest BCUT2D eigenvalue weighted by Gasteiger charge is 2.23. The molecule has 1 heterocycles. The topological polar surface area (TPSA) is 81.8 Å². The summed E-state index contributed by atoms with van der Waals surface area (Å²) in [5.74, 6) is 0.100. The molecule has 0 saturated carbocycles. The molecule has 1 atom stereocenters. The number of phenols is 1. The lowest BCUT2D eigenvalue weighted by Crippen LogP contribution is -2.50. The van der Waals surface area contributed by atoms with Crippen LogP contribution in [0.5, 0.6) is 5.75 Å². The van der Waals surface area contributed by atoms with Crippen molar-refractivity contribution in [2.24, 2.45) is 5.73 Å². The first-order valence-electron chi connectivity index (χ1n) is 12.4. The van der Waals surface area contributed by atoms with Crippen molar-refractivity contribution in [3.05, 3.63) is 54.1 Å². The second kappa shape index (κ2) is 13.3. The van der Waals surface area contributed by atoms with Gasteiger partial charge in [0.1, 0.15) is 5.75 Å². The molecule has 3 rings (SSSR count). The van der Waals surface area contributed by atoms with Crippen LogP contribution in [-0.2, 0) is 0 Å². The van der Waals surface area contributed by atoms with Crippen molar-refractivity contribution in [3.8, 4) is 5.75 Å². The molecule has 1 unspecified atom stereocenters. The molecular weight excluding hydrogens is 444 g/mol. The normalized spacial score (nSPS) is 15.1. The molecule has 0 spiro atoms. The van der Waals surface area contributed by atoms with Gasteiger partial charge in [0, 0.05) is 49.9 Å². The highest BCUT2D eigenvalue weighted by molar-refractivity contribution is 7.80. The molecule has 4 N–H and O–H groups in total. The van der Waals surface area contributed by atoms with E-state index in [1.807, 2.05) is 0 Å². The largest absolute Gasteiger partial charge is 0.506 e. The number of benzene rings is 2. The number of anilines is 2. The number of rotatable bonds is 12. The van der Waals surface area contributed by atoms with E-state index in [9.17, 15) is 9.90 Å². The van der Waals surface area contributed by atoms with E-state index in [2.05, 4.69) is 52.4 Å². The Morgan fingerprint density at radius 1 is 1.06 bits per heavy atom. The minimum atomic E-state index is 0.0236. The van der Waals surface area contributed by atoms with E-state index in [1.54, 1.807) is 12.1 Å². The maximum atomic E-state index is 12.7. The number of phenolic OH excluding ortho intramolecular Hbond substituents is 1. The SMILES string of the molecule is CCCCC(CCCCC(=O)c1ccc(O)c(NC(N)=S)c1)N1CCN(c2ccccc2)CC1. The molecule has 1 aliphatic rings. The fourth-order valence-corrected chi connectivity index (χ4v) is 4.80. The maximum Gasteiger partial charge on any atom is 0.168 e. The van der Waals surface area contributed by atoms with Gasteiger partial charge in [-0.2, -0.15) is 0 Å². The molecule has 0 amide bonds. The number of thiocarbonyl (C=S) groups is 1. The van der Waals surface area contributed by atoms with Gasteiger partial charge in [-0.15, -0.1) is 0 Å². The highest BCUT2D eigenvalue weighted by atomic mass is 32.1. The number of Topliss-reactive ketones (excluding diaryl/α,β-unsaturated/α-hetero) is 1. The predicted molar refractivity (Wildman–Crippen MR) is 145 cm³/mol. The Hall–Kier alpha value is -2.64. The van der Waals surface area contributed by atoms with Gasteiger partial charge in [0.15, 0.2) is 10.9 Å². The average molecular weight is 483 g/mol. The molecule has 2 aromatic rings. The number of aromatic hydroxyl groups is 1. The summed E-state index contributed by atoms with van der Waals surface area (Å²) in [5.41, 5.74) is 7.74. The molecule has 0 radical (unpaired) electrons. The van der Waals surface area contributed by atoms with Crippen molar-refractivity contribution in [3.63, 3.8) is 0 Å². The van der Waals surface area contributed by atoms with Crippen LogP contribution >= 0.6 is 12.2 Å². The standard InChI is InChI=1S/C27H38N4O2S/c1-2-3-9-22(30-16-18-31(19-17-30)23-10-5-4-6-11-23)12-7-8-13-25(32)21-14-15-26(33)24(20-21)29-27(28)34/h4-6,10-11,14-15,20,22,33H,2-3,7-9,12-13,16-19H2,1H3,(H3,28,29,34). The Morgan fingerprint density at radius 2 is 1.76 bits per heavy atom. The average Bonchev–Trinajstić information content (AvgIpc) is 2.85. The van der Waals surface area contributed by atoms with Crippen molar-refractivity contribution < 1.29 is 9.90 Å². The number of hydrogen-bond donors (Lipinski definition) is 3. The van der Waals surface area contributed by atoms with Gasteiger partial charge in [0.25, 0.3) is 0 Å². The summed E-state index contributed by atoms with van der Waals surface area (Å²) in [5, 5.41) is 12.7. The fourth-order valence-electron chi connectivity index (χ4n) is 4.69. The Balaban J connectivity index is 1.47. The van der Waals surface area contributed by atoms with E-state index in [1.165, 1.54) is 31.0 Å². The third kappa shape index (κ3) is 7.71. The first-order chi connectivity index (χ1) is 16.5. The van der Waals surface area contributed by atoms with Crippen LogP contribution < -0.4 is 16.0 Å². The maximum absolute atomic E-state index is 12.7. The van der Waals surface area contributed by atoms with Crippen molar-refractivity contribution in [1.29, 1.82) is 0 Å². The van der Waals surface area contributed by atoms with Gasteiger partial charge in [-0.3, -0.25) is 9.69 Å². The Kier molecular flexibility index (Phi) is 10.2. The Morgan fingerprint density at radius 3 is 2.44 bits per heavy atom. The van der Waals surface area contributed by atoms with Crippen LogP contribution in [0.1, 0.15) is 62.2 Å². The molecule has 6 nitrogen and oxygen atoms in total. The van der Waals surface area contributed by atoms with Crippen molar-refractivity contribution in [1.82, 2.24) is 4.90 Å². The molecule has 184 valence electrons. The van der Waals surface area contributed by atoms with Crippen LogP contribution in [0.4, 0.5) is 11.4 Å². The number of piperazine rings is 1. The fraction of sp³-hybridized carbons (Fsp3) is 0.481. The van der Waals surface area contributed by atoms with Gasteiger partial charge in [-0.25, -0.2) is 0 Å². The predicted octanol–water partition coefficient (Wildman–Crippen LogP) is 5.17. The number of carbonyl (C=O) groups excluding carboxylic acids is 1. The minimum Gasteiger partial charge on any atom is -0.506 e. The van der Waals surface area contributed by atoms with E-state index in [-0.39, 0.29) is 16.6 Å². The van der Waals surface area contributed by atoms with Crippen molar-refractivity contribution >= 4 is 34.5 Å². The summed E-state index contributed by atoms with van der Waals surface area (Å²) >= 11 is 4.84. The number of nitrogens with two attached hydrogens (primary N) is 1. The summed E-state index contributed by atoms with van der Waals surface area (Å²) in [4.78, 5) is 17.8. The zero-order chi connectivity index (χ0) is 24.3. The smallest absolute Gasteiger partial charge is 0.168 e. The number of ketones is 1. The molecule has 0 aliphatic carbocycles. The van der Waals surface area contributed by atoms with Crippen LogP contribution in [0.2, 0.25) is 0 Å². The van der Waals surface area contributed by atoms with E-state index in [4.69, 9.17) is 18.0 Å². The quantitative estimate of drug-likeness (QED) is 0.167. The lowest BCUT2D eigenvalue weighted by Gasteiger charge is -2.40. The van der Waals surface area contributed by atoms with Crippen LogP contribution in [0.3, 0.4) is 0 Å². The van der Waals surface area contributed by atoms with Gasteiger partial charge in [-0.1, -0.05) is 44.4 Å². The summed E-state index contributed by atoms with van der Waals surface area (Å²) in [6.07, 6.45) is 7.21. The Labute approximate surface area is 209 Å². The lowest BCUT2D eigenvalue weighted by atomic mass is 9.98. The zero-order valence-electron chi connectivity index (χ0n) is 20.2. The first kappa shape index (κ1) is 26.0. The van der Waals surface area contributed by atoms with E-state index in [0.717, 1.165) is 45.4 Å². The number of nitrogens with one attached hydrogen (secondary N) is 1. The third-order valence-corrected chi connectivity index (χ3v) is 6.71. The van der Waals surface area contributed by atoms with Gasteiger partial charge >= 0.3 is 0 Å². The molecular formula is C27H38N4O2S. The van der Waals surface area contributed by atoms with Crippen LogP contribution in [0.25, 0.3) is 0 Å². The first-order valence-corrected chi connectivity index (χ1v) is 12.9. The zero-order valence-corrected chi connectivity index (χ0v) is 21.0. The van der Waals surface area contributed by atoms with Crippen LogP contribution in [0.15, 0.2) is 48.5 Å². The van der Waals surface area contributed by atoms with Crippen molar-refractivity contribution in [2.75, 3.05) is 36.4 Å². The van der Waals surface area contributed by atoms with E-state index >= 15 is 0 Å². The summed E-state index contributed by atoms with van der Waals surface area (Å²) in [6, 6.07) is 16.0. The summed E-state index contributed by atoms with van der Waals surface area (Å²) < 4.78 is 0. The number of hydrogen-bond acceptors (Lipinski definition) is 5. The number of carbonyl (C=O) groups is 1. The third-order valence-electron chi connectivity index (χ3n) is 6.61. The van der Waals surface area contributed by atoms with Gasteiger partial charge < -0.3 is 21.1 Å². The molecule has 1 aliphatic heterocycles. The summed E-state index contributed by atoms with van der Waals surface area (Å²) in [6.45, 7) is 6.56. The number of nitrogens with zero attached hydrogens (tertiary/aromatic N) is 2. The molecule has 0 bridgehead atoms. The number of para-hydroxylation sites is 1. The van der Waals surface area contributed by atoms with Gasteiger partial charge in [0.05, 0.1) is 5.69 Å². The van der Waals surface area contributed by atoms with Gasteiger partial charge in [0.2, 0.25) is 0 Å². The monoisotopic (exact) mass is 482 g/mol. The van der Waals surface area contributed by atoms with E-state index in [0.29, 0.717) is 23.7 Å². The summed E-state index contributed by atoms with van der Waals surface area (Å²) in [7, 11) is 0.